The second kappa shape index (κ2) is 9.48. The van der Waals surface area contributed by atoms with Gasteiger partial charge in [-0.3, -0.25) is 4.79 Å². The van der Waals surface area contributed by atoms with E-state index in [0.29, 0.717) is 22.0 Å². The van der Waals surface area contributed by atoms with Gasteiger partial charge in [-0.05, 0) is 26.0 Å². The van der Waals surface area contributed by atoms with E-state index in [1.165, 1.54) is 13.2 Å². The Labute approximate surface area is 136 Å². The molecule has 1 aromatic heterocycles. The van der Waals surface area contributed by atoms with Crippen molar-refractivity contribution < 1.29 is 13.7 Å². The molecule has 4 nitrogen and oxygen atoms in total. The van der Waals surface area contributed by atoms with Gasteiger partial charge >= 0.3 is 7.69 Å². The van der Waals surface area contributed by atoms with Crippen LogP contribution in [0.2, 0.25) is 0 Å². The van der Waals surface area contributed by atoms with Gasteiger partial charge in [0.05, 0.1) is 5.22 Å². The lowest BCUT2D eigenvalue weighted by atomic mass is 10.1. The van der Waals surface area contributed by atoms with Gasteiger partial charge in [0.25, 0.3) is 0 Å². The van der Waals surface area contributed by atoms with E-state index in [4.69, 9.17) is 13.7 Å². The van der Waals surface area contributed by atoms with E-state index >= 15 is 0 Å². The Balaban J connectivity index is 3.81. The van der Waals surface area contributed by atoms with Gasteiger partial charge < -0.3 is 13.7 Å². The van der Waals surface area contributed by atoms with Crippen LogP contribution in [0, 0.1) is 0 Å². The third-order valence-corrected chi connectivity index (χ3v) is 2.93. The molecule has 0 bridgehead atoms. The summed E-state index contributed by atoms with van der Waals surface area (Å²) in [5.74, 6) is 0.366. The molecule has 5 heteroatoms. The summed E-state index contributed by atoms with van der Waals surface area (Å²) in [4.78, 5) is 12.7. The Morgan fingerprint density at radius 1 is 1.26 bits per heavy atom. The van der Waals surface area contributed by atoms with Gasteiger partial charge in [-0.15, -0.1) is 0 Å². The molecule has 1 heterocycles. The van der Waals surface area contributed by atoms with Crippen LogP contribution in [0.4, 0.5) is 0 Å². The fraction of sp³-hybridized carbons (Fsp3) is 0.167. The van der Waals surface area contributed by atoms with E-state index in [0.717, 1.165) is 7.69 Å². The Bertz CT molecular complexity index is 798. The smallest absolute Gasteiger partial charge is 0.532 e. The normalized spacial score (nSPS) is 13.4. The van der Waals surface area contributed by atoms with Gasteiger partial charge in [0.2, 0.25) is 5.43 Å². The second-order valence-electron chi connectivity index (χ2n) is 4.35. The molecule has 0 aliphatic carbocycles. The average Bonchev–Trinajstić information content (AvgIpc) is 2.57. The lowest BCUT2D eigenvalue weighted by Crippen LogP contribution is -2.40. The number of hydrogen-bond donors (Lipinski definition) is 0. The van der Waals surface area contributed by atoms with Crippen molar-refractivity contribution in [3.05, 3.63) is 70.2 Å². The molecule has 1 aromatic rings. The zero-order valence-corrected chi connectivity index (χ0v) is 13.7. The van der Waals surface area contributed by atoms with E-state index in [-0.39, 0.29) is 11.2 Å². The monoisotopic (exact) mass is 311 g/mol. The van der Waals surface area contributed by atoms with Gasteiger partial charge in [0.1, 0.15) is 5.42 Å². The third-order valence-electron chi connectivity index (χ3n) is 2.93. The molecule has 0 aliphatic rings. The largest absolute Gasteiger partial charge is 0.572 e. The lowest BCUT2D eigenvalue weighted by Gasteiger charge is -2.09. The molecule has 0 unspecified atom stereocenters. The van der Waals surface area contributed by atoms with Crippen LogP contribution in [0.1, 0.15) is 19.6 Å². The molecule has 0 saturated heterocycles. The summed E-state index contributed by atoms with van der Waals surface area (Å²) in [6.07, 6.45) is 11.8. The molecule has 0 aliphatic heterocycles. The van der Waals surface area contributed by atoms with E-state index in [1.807, 2.05) is 13.0 Å². The molecule has 119 valence electrons. The van der Waals surface area contributed by atoms with Crippen molar-refractivity contribution in [2.75, 3.05) is 7.11 Å². The van der Waals surface area contributed by atoms with Crippen LogP contribution in [-0.2, 0) is 4.65 Å². The molecule has 0 fully saturated rings. The first-order valence-corrected chi connectivity index (χ1v) is 7.07. The van der Waals surface area contributed by atoms with Gasteiger partial charge in [0.15, 0.2) is 11.5 Å². The molecule has 0 amide bonds. The Morgan fingerprint density at radius 3 is 2.52 bits per heavy atom. The van der Waals surface area contributed by atoms with Crippen LogP contribution in [0.3, 0.4) is 0 Å². The number of hydrogen-bond acceptors (Lipinski definition) is 4. The first kappa shape index (κ1) is 18.5. The summed E-state index contributed by atoms with van der Waals surface area (Å²) in [6, 6.07) is 0. The molecule has 0 N–H and O–H groups in total. The first-order valence-electron chi connectivity index (χ1n) is 7.07. The van der Waals surface area contributed by atoms with Crippen molar-refractivity contribution in [1.82, 2.24) is 0 Å². The average molecular weight is 311 g/mol. The van der Waals surface area contributed by atoms with Crippen molar-refractivity contribution in [1.29, 1.82) is 0 Å². The van der Waals surface area contributed by atoms with Crippen molar-refractivity contribution in [3.8, 4) is 5.75 Å². The highest BCUT2D eigenvalue weighted by Gasteiger charge is 2.16. The maximum absolute atomic E-state index is 12.7. The maximum atomic E-state index is 12.7. The zero-order chi connectivity index (χ0) is 17.2. The van der Waals surface area contributed by atoms with E-state index in [1.54, 1.807) is 37.3 Å². The molecule has 1 rings (SSSR count). The van der Waals surface area contributed by atoms with Gasteiger partial charge in [0, 0.05) is 12.7 Å². The van der Waals surface area contributed by atoms with Gasteiger partial charge in [-0.25, -0.2) is 0 Å². The fourth-order valence-electron chi connectivity index (χ4n) is 1.91. The summed E-state index contributed by atoms with van der Waals surface area (Å²) in [7, 11) is 2.51. The Hall–Kier alpha value is -2.53. The quantitative estimate of drug-likeness (QED) is 0.572. The molecular formula is C18H20BO4. The first-order chi connectivity index (χ1) is 11.1. The molecule has 0 atom stereocenters. The number of rotatable bonds is 7. The minimum Gasteiger partial charge on any atom is -0.532 e. The van der Waals surface area contributed by atoms with E-state index < -0.39 is 0 Å². The molecule has 1 radical (unpaired) electrons. The van der Waals surface area contributed by atoms with Crippen molar-refractivity contribution in [2.45, 2.75) is 13.8 Å². The van der Waals surface area contributed by atoms with Crippen LogP contribution < -0.4 is 20.7 Å². The summed E-state index contributed by atoms with van der Waals surface area (Å²) in [5, 5.41) is 0.369. The summed E-state index contributed by atoms with van der Waals surface area (Å²) in [5.41, 5.74) is 0.828. The number of allylic oxidation sites excluding steroid dienone is 6. The minimum atomic E-state index is -0.307. The predicted molar refractivity (Wildman–Crippen MR) is 95.4 cm³/mol. The second-order valence-corrected chi connectivity index (χ2v) is 4.35. The molecule has 0 spiro atoms. The summed E-state index contributed by atoms with van der Waals surface area (Å²) < 4.78 is 16.0. The fourth-order valence-corrected chi connectivity index (χ4v) is 1.91. The summed E-state index contributed by atoms with van der Waals surface area (Å²) in [6.45, 7) is 10.9. The van der Waals surface area contributed by atoms with Crippen LogP contribution in [0.15, 0.2) is 52.7 Å². The van der Waals surface area contributed by atoms with E-state index in [9.17, 15) is 4.79 Å². The van der Waals surface area contributed by atoms with Crippen LogP contribution in [-0.4, -0.2) is 14.8 Å². The highest BCUT2D eigenvalue weighted by molar-refractivity contribution is 6.19. The SMILES string of the molecule is C=C/C=C\C(=C/C)c1oc(=C/C)/c(=C\C=C)c(=O)c1O[B]OC. The third kappa shape index (κ3) is 4.47. The Kier molecular flexibility index (Phi) is 7.64. The minimum absolute atomic E-state index is 0.0485. The van der Waals surface area contributed by atoms with Crippen molar-refractivity contribution in [2.24, 2.45) is 0 Å². The maximum Gasteiger partial charge on any atom is 0.572 e. The molecule has 0 saturated carbocycles. The van der Waals surface area contributed by atoms with Crippen LogP contribution >= 0.6 is 0 Å². The standard InChI is InChI=1S/C18H20BO4/c1-6-10-12-13(8-3)17-18(23-19-21-5)16(20)14(11-7-2)15(9-4)22-17/h6-12H,1-2H2,3-5H3/b12-10-,13-8+,14-11+,15-9+. The highest BCUT2D eigenvalue weighted by atomic mass is 16.6. The highest BCUT2D eigenvalue weighted by Crippen LogP contribution is 2.22. The lowest BCUT2D eigenvalue weighted by molar-refractivity contribution is 0.354. The van der Waals surface area contributed by atoms with Crippen molar-refractivity contribution in [3.63, 3.8) is 0 Å². The topological polar surface area (TPSA) is 48.7 Å². The van der Waals surface area contributed by atoms with Crippen molar-refractivity contribution >= 4 is 25.4 Å². The van der Waals surface area contributed by atoms with Gasteiger partial charge in [-0.1, -0.05) is 43.5 Å². The zero-order valence-electron chi connectivity index (χ0n) is 13.7. The van der Waals surface area contributed by atoms with E-state index in [2.05, 4.69) is 13.2 Å². The summed E-state index contributed by atoms with van der Waals surface area (Å²) >= 11 is 0. The van der Waals surface area contributed by atoms with Gasteiger partial charge in [-0.2, -0.15) is 0 Å². The molecule has 23 heavy (non-hydrogen) atoms. The molecule has 0 aromatic carbocycles. The van der Waals surface area contributed by atoms with Crippen LogP contribution in [0.25, 0.3) is 17.7 Å². The predicted octanol–water partition coefficient (Wildman–Crippen LogP) is 2.11. The molecular weight excluding hydrogens is 291 g/mol. The Morgan fingerprint density at radius 2 is 2.00 bits per heavy atom. The van der Waals surface area contributed by atoms with Crippen LogP contribution in [0.5, 0.6) is 5.75 Å².